The van der Waals surface area contributed by atoms with Crippen molar-refractivity contribution in [2.45, 2.75) is 65.0 Å². The van der Waals surface area contributed by atoms with Gasteiger partial charge in [0, 0.05) is 5.92 Å². The summed E-state index contributed by atoms with van der Waals surface area (Å²) in [5, 5.41) is 2.74. The fourth-order valence-electron chi connectivity index (χ4n) is 2.09. The molecule has 1 atom stereocenters. The van der Waals surface area contributed by atoms with Crippen LogP contribution in [0.2, 0.25) is 0 Å². The van der Waals surface area contributed by atoms with E-state index in [1.54, 1.807) is 20.8 Å². The zero-order valence-electron chi connectivity index (χ0n) is 11.0. The minimum absolute atomic E-state index is 0.00194. The van der Waals surface area contributed by atoms with Crippen LogP contribution in [0.4, 0.5) is 0 Å². The highest BCUT2D eigenvalue weighted by Gasteiger charge is 2.25. The first-order valence-corrected chi connectivity index (χ1v) is 6.51. The van der Waals surface area contributed by atoms with Crippen LogP contribution in [0.1, 0.15) is 52.9 Å². The maximum atomic E-state index is 11.9. The fraction of sp³-hybridized carbons (Fsp3) is 0.846. The quantitative estimate of drug-likeness (QED) is 0.766. The molecule has 1 aliphatic rings. The van der Waals surface area contributed by atoms with Gasteiger partial charge in [0.15, 0.2) is 0 Å². The van der Waals surface area contributed by atoms with Gasteiger partial charge < -0.3 is 10.1 Å². The molecule has 1 saturated carbocycles. The van der Waals surface area contributed by atoms with Gasteiger partial charge in [-0.15, -0.1) is 0 Å². The van der Waals surface area contributed by atoms with E-state index in [0.717, 1.165) is 25.7 Å². The Kier molecular flexibility index (Phi) is 5.45. The second-order valence-corrected chi connectivity index (χ2v) is 5.05. The van der Waals surface area contributed by atoms with Crippen LogP contribution in [-0.4, -0.2) is 24.0 Å². The summed E-state index contributed by atoms with van der Waals surface area (Å²) < 4.78 is 5.05. The summed E-state index contributed by atoms with van der Waals surface area (Å²) in [6.07, 6.45) is 5.19. The lowest BCUT2D eigenvalue weighted by Gasteiger charge is -2.23. The molecule has 1 rings (SSSR count). The third kappa shape index (κ3) is 4.75. The Bertz CT molecular complexity index is 270. The van der Waals surface area contributed by atoms with Crippen molar-refractivity contribution in [1.29, 1.82) is 0 Å². The topological polar surface area (TPSA) is 55.4 Å². The van der Waals surface area contributed by atoms with Crippen molar-refractivity contribution in [3.8, 4) is 0 Å². The van der Waals surface area contributed by atoms with E-state index in [1.165, 1.54) is 6.42 Å². The molecule has 0 saturated heterocycles. The molecule has 0 spiro atoms. The van der Waals surface area contributed by atoms with Gasteiger partial charge in [-0.25, -0.2) is 4.79 Å². The summed E-state index contributed by atoms with van der Waals surface area (Å²) >= 11 is 0. The van der Waals surface area contributed by atoms with Gasteiger partial charge in [-0.1, -0.05) is 19.3 Å². The third-order valence-electron chi connectivity index (χ3n) is 3.04. The number of carbonyl (C=O) groups excluding carboxylic acids is 2. The van der Waals surface area contributed by atoms with Crippen molar-refractivity contribution in [2.24, 2.45) is 5.92 Å². The van der Waals surface area contributed by atoms with E-state index in [9.17, 15) is 9.59 Å². The molecule has 0 radical (unpaired) electrons. The van der Waals surface area contributed by atoms with Crippen molar-refractivity contribution >= 4 is 11.9 Å². The molecule has 0 aromatic rings. The Morgan fingerprint density at radius 1 is 1.12 bits per heavy atom. The number of carbonyl (C=O) groups is 2. The second kappa shape index (κ2) is 6.62. The highest BCUT2D eigenvalue weighted by molar-refractivity contribution is 5.85. The maximum absolute atomic E-state index is 11.9. The maximum Gasteiger partial charge on any atom is 0.328 e. The van der Waals surface area contributed by atoms with Crippen LogP contribution in [0, 0.1) is 5.92 Å². The SMILES string of the molecule is CC(C)OC(=O)[C@@H](C)NC(=O)C1CCCCC1. The summed E-state index contributed by atoms with van der Waals surface area (Å²) in [6, 6.07) is -0.549. The van der Waals surface area contributed by atoms with E-state index in [4.69, 9.17) is 4.74 Å². The van der Waals surface area contributed by atoms with Crippen LogP contribution >= 0.6 is 0 Å². The number of nitrogens with one attached hydrogen (secondary N) is 1. The highest BCUT2D eigenvalue weighted by Crippen LogP contribution is 2.23. The Hall–Kier alpha value is -1.06. The zero-order valence-corrected chi connectivity index (χ0v) is 11.0. The van der Waals surface area contributed by atoms with Gasteiger partial charge in [0.05, 0.1) is 6.10 Å². The molecule has 1 fully saturated rings. The molecule has 1 aliphatic carbocycles. The molecule has 0 bridgehead atoms. The minimum Gasteiger partial charge on any atom is -0.461 e. The Labute approximate surface area is 103 Å². The molecule has 1 N–H and O–H groups in total. The number of amides is 1. The second-order valence-electron chi connectivity index (χ2n) is 5.05. The highest BCUT2D eigenvalue weighted by atomic mass is 16.5. The minimum atomic E-state index is -0.549. The first kappa shape index (κ1) is 14.0. The molecule has 4 nitrogen and oxygen atoms in total. The molecule has 0 aromatic carbocycles. The summed E-state index contributed by atoms with van der Waals surface area (Å²) in [6.45, 7) is 5.27. The predicted octanol–water partition coefficient (Wildman–Crippen LogP) is 2.02. The fourth-order valence-corrected chi connectivity index (χ4v) is 2.09. The van der Waals surface area contributed by atoms with Crippen molar-refractivity contribution < 1.29 is 14.3 Å². The summed E-state index contributed by atoms with van der Waals surface area (Å²) in [5.41, 5.74) is 0. The van der Waals surface area contributed by atoms with Crippen LogP contribution in [0.25, 0.3) is 0 Å². The van der Waals surface area contributed by atoms with E-state index in [-0.39, 0.29) is 23.9 Å². The van der Waals surface area contributed by atoms with E-state index >= 15 is 0 Å². The van der Waals surface area contributed by atoms with Crippen molar-refractivity contribution in [2.75, 3.05) is 0 Å². The third-order valence-corrected chi connectivity index (χ3v) is 3.04. The van der Waals surface area contributed by atoms with Gasteiger partial charge in [0.25, 0.3) is 0 Å². The molecule has 0 aromatic heterocycles. The molecule has 4 heteroatoms. The van der Waals surface area contributed by atoms with E-state index in [2.05, 4.69) is 5.32 Å². The Balaban J connectivity index is 2.36. The summed E-state index contributed by atoms with van der Waals surface area (Å²) in [7, 11) is 0. The number of esters is 1. The lowest BCUT2D eigenvalue weighted by atomic mass is 9.88. The van der Waals surface area contributed by atoms with Crippen LogP contribution in [-0.2, 0) is 14.3 Å². The van der Waals surface area contributed by atoms with Gasteiger partial charge in [0.1, 0.15) is 6.04 Å². The summed E-state index contributed by atoms with van der Waals surface area (Å²) in [5.74, 6) is -0.278. The first-order chi connectivity index (χ1) is 8.00. The number of hydrogen-bond donors (Lipinski definition) is 1. The standard InChI is InChI=1S/C13H23NO3/c1-9(2)17-13(16)10(3)14-12(15)11-7-5-4-6-8-11/h9-11H,4-8H2,1-3H3,(H,14,15)/t10-/m1/s1. The molecule has 0 unspecified atom stereocenters. The van der Waals surface area contributed by atoms with Crippen LogP contribution < -0.4 is 5.32 Å². The molecular formula is C13H23NO3. The Morgan fingerprint density at radius 3 is 2.24 bits per heavy atom. The van der Waals surface area contributed by atoms with Gasteiger partial charge in [-0.05, 0) is 33.6 Å². The Morgan fingerprint density at radius 2 is 1.71 bits per heavy atom. The molecule has 98 valence electrons. The van der Waals surface area contributed by atoms with Crippen LogP contribution in [0.3, 0.4) is 0 Å². The van der Waals surface area contributed by atoms with Crippen LogP contribution in [0.5, 0.6) is 0 Å². The van der Waals surface area contributed by atoms with Gasteiger partial charge >= 0.3 is 5.97 Å². The summed E-state index contributed by atoms with van der Waals surface area (Å²) in [4.78, 5) is 23.4. The molecule has 17 heavy (non-hydrogen) atoms. The molecule has 0 heterocycles. The van der Waals surface area contributed by atoms with Gasteiger partial charge in [-0.2, -0.15) is 0 Å². The van der Waals surface area contributed by atoms with Gasteiger partial charge in [-0.3, -0.25) is 4.79 Å². The number of rotatable bonds is 4. The number of ether oxygens (including phenoxy) is 1. The normalized spacial score (nSPS) is 18.8. The lowest BCUT2D eigenvalue weighted by molar-refractivity contribution is -0.151. The monoisotopic (exact) mass is 241 g/mol. The lowest BCUT2D eigenvalue weighted by Crippen LogP contribution is -2.43. The molecular weight excluding hydrogens is 218 g/mol. The van der Waals surface area contributed by atoms with E-state index in [1.807, 2.05) is 0 Å². The molecule has 0 aliphatic heterocycles. The average Bonchev–Trinajstić information content (AvgIpc) is 2.29. The first-order valence-electron chi connectivity index (χ1n) is 6.51. The average molecular weight is 241 g/mol. The van der Waals surface area contributed by atoms with E-state index in [0.29, 0.717) is 0 Å². The zero-order chi connectivity index (χ0) is 12.8. The van der Waals surface area contributed by atoms with Gasteiger partial charge in [0.2, 0.25) is 5.91 Å². The van der Waals surface area contributed by atoms with Crippen molar-refractivity contribution in [3.05, 3.63) is 0 Å². The van der Waals surface area contributed by atoms with Crippen LogP contribution in [0.15, 0.2) is 0 Å². The molecule has 1 amide bonds. The predicted molar refractivity (Wildman–Crippen MR) is 65.4 cm³/mol. The largest absolute Gasteiger partial charge is 0.461 e. The van der Waals surface area contributed by atoms with Crippen molar-refractivity contribution in [1.82, 2.24) is 5.32 Å². The smallest absolute Gasteiger partial charge is 0.328 e. The number of hydrogen-bond acceptors (Lipinski definition) is 3. The van der Waals surface area contributed by atoms with Crippen molar-refractivity contribution in [3.63, 3.8) is 0 Å². The van der Waals surface area contributed by atoms with E-state index < -0.39 is 6.04 Å².